The summed E-state index contributed by atoms with van der Waals surface area (Å²) in [6.07, 6.45) is 3.81. The van der Waals surface area contributed by atoms with E-state index in [-0.39, 0.29) is 0 Å². The summed E-state index contributed by atoms with van der Waals surface area (Å²) in [5.41, 5.74) is 0. The molecule has 0 aliphatic carbocycles. The zero-order chi connectivity index (χ0) is 13.3. The highest BCUT2D eigenvalue weighted by Crippen LogP contribution is 2.15. The Balaban J connectivity index is 4.58. The van der Waals surface area contributed by atoms with Crippen LogP contribution in [0.25, 0.3) is 0 Å². The molecule has 0 radical (unpaired) electrons. The number of hydrogen-bond acceptors (Lipinski definition) is 2. The van der Waals surface area contributed by atoms with E-state index in [4.69, 9.17) is 0 Å². The van der Waals surface area contributed by atoms with Crippen LogP contribution in [0.3, 0.4) is 0 Å². The number of likely N-dealkylation sites (N-methyl/N-ethyl adjacent to an activating group) is 2. The van der Waals surface area contributed by atoms with Gasteiger partial charge >= 0.3 is 0 Å². The molecular formula is C15H34N2. The molecule has 2 unspecified atom stereocenters. The first-order valence-corrected chi connectivity index (χ1v) is 7.57. The van der Waals surface area contributed by atoms with Crippen LogP contribution in [-0.4, -0.2) is 36.6 Å². The Morgan fingerprint density at radius 2 is 1.71 bits per heavy atom. The molecule has 0 bridgehead atoms. The van der Waals surface area contributed by atoms with Crippen LogP contribution in [0, 0.1) is 5.92 Å². The van der Waals surface area contributed by atoms with Crippen LogP contribution < -0.4 is 5.32 Å². The van der Waals surface area contributed by atoms with Crippen LogP contribution in [0.1, 0.15) is 60.8 Å². The highest BCUT2D eigenvalue weighted by Gasteiger charge is 2.24. The second-order valence-corrected chi connectivity index (χ2v) is 5.41. The molecule has 0 fully saturated rings. The van der Waals surface area contributed by atoms with Crippen molar-refractivity contribution < 1.29 is 0 Å². The Morgan fingerprint density at radius 3 is 2.06 bits per heavy atom. The maximum Gasteiger partial charge on any atom is 0.0246 e. The SMILES string of the molecule is CCCC(NCC)C(CC)N(CC)CC(C)C. The third-order valence-corrected chi connectivity index (χ3v) is 3.42. The van der Waals surface area contributed by atoms with E-state index in [1.165, 1.54) is 32.4 Å². The van der Waals surface area contributed by atoms with Crippen molar-refractivity contribution in [2.24, 2.45) is 5.92 Å². The van der Waals surface area contributed by atoms with Crippen molar-refractivity contribution in [3.05, 3.63) is 0 Å². The van der Waals surface area contributed by atoms with E-state index in [0.29, 0.717) is 12.1 Å². The van der Waals surface area contributed by atoms with Gasteiger partial charge in [-0.05, 0) is 31.8 Å². The fourth-order valence-corrected chi connectivity index (χ4v) is 2.77. The van der Waals surface area contributed by atoms with Crippen molar-refractivity contribution in [2.45, 2.75) is 72.9 Å². The Kier molecular flexibility index (Phi) is 9.85. The van der Waals surface area contributed by atoms with Gasteiger partial charge in [0.25, 0.3) is 0 Å². The van der Waals surface area contributed by atoms with Gasteiger partial charge in [-0.1, -0.05) is 48.0 Å². The topological polar surface area (TPSA) is 15.3 Å². The summed E-state index contributed by atoms with van der Waals surface area (Å²) in [6.45, 7) is 17.2. The average molecular weight is 242 g/mol. The molecule has 0 saturated carbocycles. The summed E-state index contributed by atoms with van der Waals surface area (Å²) in [5.74, 6) is 0.757. The minimum Gasteiger partial charge on any atom is -0.313 e. The first kappa shape index (κ1) is 16.9. The second-order valence-electron chi connectivity index (χ2n) is 5.41. The van der Waals surface area contributed by atoms with Gasteiger partial charge in [0.2, 0.25) is 0 Å². The van der Waals surface area contributed by atoms with Crippen LogP contribution in [-0.2, 0) is 0 Å². The Bertz CT molecular complexity index is 160. The van der Waals surface area contributed by atoms with Crippen molar-refractivity contribution >= 4 is 0 Å². The third-order valence-electron chi connectivity index (χ3n) is 3.42. The van der Waals surface area contributed by atoms with E-state index in [1.807, 2.05) is 0 Å². The van der Waals surface area contributed by atoms with Gasteiger partial charge in [0.15, 0.2) is 0 Å². The molecule has 2 heteroatoms. The summed E-state index contributed by atoms with van der Waals surface area (Å²) >= 11 is 0. The van der Waals surface area contributed by atoms with E-state index in [2.05, 4.69) is 51.8 Å². The quantitative estimate of drug-likeness (QED) is 0.630. The average Bonchev–Trinajstić information content (AvgIpc) is 2.28. The number of hydrogen-bond donors (Lipinski definition) is 1. The van der Waals surface area contributed by atoms with Crippen LogP contribution in [0.5, 0.6) is 0 Å². The molecular weight excluding hydrogens is 208 g/mol. The largest absolute Gasteiger partial charge is 0.313 e. The highest BCUT2D eigenvalue weighted by atomic mass is 15.2. The molecule has 1 N–H and O–H groups in total. The predicted octanol–water partition coefficient (Wildman–Crippen LogP) is 3.52. The van der Waals surface area contributed by atoms with Crippen molar-refractivity contribution in [1.82, 2.24) is 10.2 Å². The van der Waals surface area contributed by atoms with Gasteiger partial charge in [0, 0.05) is 18.6 Å². The fourth-order valence-electron chi connectivity index (χ4n) is 2.77. The van der Waals surface area contributed by atoms with Crippen molar-refractivity contribution in [3.8, 4) is 0 Å². The zero-order valence-electron chi connectivity index (χ0n) is 12.9. The summed E-state index contributed by atoms with van der Waals surface area (Å²) < 4.78 is 0. The lowest BCUT2D eigenvalue weighted by Crippen LogP contribution is -2.50. The van der Waals surface area contributed by atoms with Crippen LogP contribution in [0.15, 0.2) is 0 Å². The number of rotatable bonds is 10. The molecule has 2 atom stereocenters. The maximum absolute atomic E-state index is 3.68. The summed E-state index contributed by atoms with van der Waals surface area (Å²) in [7, 11) is 0. The minimum absolute atomic E-state index is 0.661. The van der Waals surface area contributed by atoms with Crippen LogP contribution in [0.2, 0.25) is 0 Å². The Labute approximate surface area is 109 Å². The first-order valence-electron chi connectivity index (χ1n) is 7.57. The summed E-state index contributed by atoms with van der Waals surface area (Å²) in [4.78, 5) is 2.66. The van der Waals surface area contributed by atoms with E-state index in [9.17, 15) is 0 Å². The molecule has 0 aromatic rings. The smallest absolute Gasteiger partial charge is 0.0246 e. The predicted molar refractivity (Wildman–Crippen MR) is 78.5 cm³/mol. The van der Waals surface area contributed by atoms with Gasteiger partial charge in [0.05, 0.1) is 0 Å². The normalized spacial score (nSPS) is 15.5. The molecule has 0 aromatic heterocycles. The highest BCUT2D eigenvalue weighted by molar-refractivity contribution is 4.83. The molecule has 0 aliphatic rings. The Hall–Kier alpha value is -0.0800. The molecule has 0 rings (SSSR count). The lowest BCUT2D eigenvalue weighted by molar-refractivity contribution is 0.138. The molecule has 0 aromatic carbocycles. The second kappa shape index (κ2) is 9.90. The van der Waals surface area contributed by atoms with Crippen LogP contribution in [0.4, 0.5) is 0 Å². The third kappa shape index (κ3) is 6.42. The summed E-state index contributed by atoms with van der Waals surface area (Å²) in [5, 5.41) is 3.68. The van der Waals surface area contributed by atoms with Crippen molar-refractivity contribution in [1.29, 1.82) is 0 Å². The van der Waals surface area contributed by atoms with Crippen LogP contribution >= 0.6 is 0 Å². The monoisotopic (exact) mass is 242 g/mol. The van der Waals surface area contributed by atoms with E-state index in [1.54, 1.807) is 0 Å². The molecule has 2 nitrogen and oxygen atoms in total. The lowest BCUT2D eigenvalue weighted by Gasteiger charge is -2.37. The molecule has 0 heterocycles. The molecule has 0 spiro atoms. The molecule has 0 saturated heterocycles. The molecule has 0 amide bonds. The summed E-state index contributed by atoms with van der Waals surface area (Å²) in [6, 6.07) is 1.36. The maximum atomic E-state index is 3.68. The Morgan fingerprint density at radius 1 is 1.06 bits per heavy atom. The van der Waals surface area contributed by atoms with Crippen molar-refractivity contribution in [2.75, 3.05) is 19.6 Å². The van der Waals surface area contributed by atoms with Gasteiger partial charge in [-0.15, -0.1) is 0 Å². The number of nitrogens with zero attached hydrogens (tertiary/aromatic N) is 1. The van der Waals surface area contributed by atoms with E-state index >= 15 is 0 Å². The standard InChI is InChI=1S/C15H34N2/c1-7-11-14(16-9-3)15(8-2)17(10-4)12-13(5)6/h13-16H,7-12H2,1-6H3. The van der Waals surface area contributed by atoms with E-state index < -0.39 is 0 Å². The fraction of sp³-hybridized carbons (Fsp3) is 1.00. The van der Waals surface area contributed by atoms with Gasteiger partial charge in [-0.3, -0.25) is 4.90 Å². The first-order chi connectivity index (χ1) is 8.10. The van der Waals surface area contributed by atoms with Gasteiger partial charge in [-0.25, -0.2) is 0 Å². The van der Waals surface area contributed by atoms with E-state index in [0.717, 1.165) is 12.5 Å². The van der Waals surface area contributed by atoms with Gasteiger partial charge in [0.1, 0.15) is 0 Å². The molecule has 17 heavy (non-hydrogen) atoms. The minimum atomic E-state index is 0.661. The van der Waals surface area contributed by atoms with Gasteiger partial charge in [-0.2, -0.15) is 0 Å². The molecule has 104 valence electrons. The zero-order valence-corrected chi connectivity index (χ0v) is 12.9. The number of nitrogens with one attached hydrogen (secondary N) is 1. The lowest BCUT2D eigenvalue weighted by atomic mass is 9.98. The van der Waals surface area contributed by atoms with Crippen molar-refractivity contribution in [3.63, 3.8) is 0 Å². The van der Waals surface area contributed by atoms with Gasteiger partial charge < -0.3 is 5.32 Å². The molecule has 0 aliphatic heterocycles.